The molecule has 0 aliphatic carbocycles. The lowest BCUT2D eigenvalue weighted by molar-refractivity contribution is -0.384. The minimum absolute atomic E-state index is 0.000914. The molecular weight excluding hydrogens is 274 g/mol. The lowest BCUT2D eigenvalue weighted by Gasteiger charge is -2.04. The van der Waals surface area contributed by atoms with Crippen LogP contribution in [0.5, 0.6) is 11.5 Å². The summed E-state index contributed by atoms with van der Waals surface area (Å²) in [6.07, 6.45) is 0. The summed E-state index contributed by atoms with van der Waals surface area (Å²) in [5.41, 5.74) is 1.92. The zero-order valence-electron chi connectivity index (χ0n) is 11.0. The van der Waals surface area contributed by atoms with Crippen molar-refractivity contribution >= 4 is 16.7 Å². The first-order valence-electron chi connectivity index (χ1n) is 6.10. The second-order valence-electron chi connectivity index (χ2n) is 4.43. The molecule has 0 spiro atoms. The number of hydrogen-bond acceptors (Lipinski definition) is 5. The topological polar surface area (TPSA) is 101 Å². The van der Waals surface area contributed by atoms with Gasteiger partial charge in [-0.25, -0.2) is 4.98 Å². The maximum atomic E-state index is 10.8. The van der Waals surface area contributed by atoms with E-state index in [1.807, 2.05) is 0 Å². The number of non-ortho nitro benzene ring substituents is 1. The van der Waals surface area contributed by atoms with Crippen LogP contribution in [-0.2, 0) is 0 Å². The quantitative estimate of drug-likeness (QED) is 0.569. The number of nitro groups is 1. The third kappa shape index (κ3) is 2.25. The minimum atomic E-state index is -0.455. The molecule has 2 aromatic carbocycles. The fraction of sp³-hybridized carbons (Fsp3) is 0.0714. The molecule has 0 saturated heterocycles. The Morgan fingerprint density at radius 3 is 2.81 bits per heavy atom. The summed E-state index contributed by atoms with van der Waals surface area (Å²) in [7, 11) is 1.46. The van der Waals surface area contributed by atoms with Crippen molar-refractivity contribution in [2.45, 2.75) is 0 Å². The average molecular weight is 285 g/mol. The van der Waals surface area contributed by atoms with Crippen molar-refractivity contribution in [1.29, 1.82) is 0 Å². The monoisotopic (exact) mass is 285 g/mol. The van der Waals surface area contributed by atoms with Crippen LogP contribution in [0.2, 0.25) is 0 Å². The predicted octanol–water partition coefficient (Wildman–Crippen LogP) is 2.85. The summed E-state index contributed by atoms with van der Waals surface area (Å²) in [6, 6.07) is 9.26. The molecule has 0 saturated carbocycles. The fourth-order valence-corrected chi connectivity index (χ4v) is 2.07. The molecule has 106 valence electrons. The summed E-state index contributed by atoms with van der Waals surface area (Å²) in [5.74, 6) is 0.913. The SMILES string of the molecule is COc1cc(-c2nc3ccc([N+](=O)[O-])cc3[nH]2)ccc1O. The highest BCUT2D eigenvalue weighted by molar-refractivity contribution is 5.81. The molecule has 0 aliphatic rings. The van der Waals surface area contributed by atoms with E-state index in [0.717, 1.165) is 0 Å². The largest absolute Gasteiger partial charge is 0.504 e. The van der Waals surface area contributed by atoms with Gasteiger partial charge in [-0.2, -0.15) is 0 Å². The molecule has 0 bridgehead atoms. The van der Waals surface area contributed by atoms with E-state index in [1.165, 1.54) is 25.3 Å². The molecule has 21 heavy (non-hydrogen) atoms. The van der Waals surface area contributed by atoms with Crippen LogP contribution in [-0.4, -0.2) is 27.1 Å². The van der Waals surface area contributed by atoms with E-state index in [4.69, 9.17) is 4.74 Å². The smallest absolute Gasteiger partial charge is 0.271 e. The van der Waals surface area contributed by atoms with Crippen molar-refractivity contribution in [3.8, 4) is 22.9 Å². The second-order valence-corrected chi connectivity index (χ2v) is 4.43. The number of aromatic hydroxyl groups is 1. The van der Waals surface area contributed by atoms with Crippen molar-refractivity contribution in [1.82, 2.24) is 9.97 Å². The Balaban J connectivity index is 2.10. The van der Waals surface area contributed by atoms with Gasteiger partial charge in [0.1, 0.15) is 5.82 Å². The number of aromatic amines is 1. The standard InChI is InChI=1S/C14H11N3O4/c1-21-13-6-8(2-5-12(13)18)14-15-10-4-3-9(17(19)20)7-11(10)16-14/h2-7,18H,1H3,(H,15,16). The number of H-pyrrole nitrogens is 1. The third-order valence-electron chi connectivity index (χ3n) is 3.13. The van der Waals surface area contributed by atoms with Gasteiger partial charge in [0.15, 0.2) is 11.5 Å². The van der Waals surface area contributed by atoms with E-state index >= 15 is 0 Å². The number of nitro benzene ring substituents is 1. The van der Waals surface area contributed by atoms with Crippen molar-refractivity contribution < 1.29 is 14.8 Å². The zero-order chi connectivity index (χ0) is 15.0. The molecular formula is C14H11N3O4. The molecule has 0 radical (unpaired) electrons. The summed E-state index contributed by atoms with van der Waals surface area (Å²) >= 11 is 0. The number of imidazole rings is 1. The van der Waals surface area contributed by atoms with Gasteiger partial charge in [0, 0.05) is 17.7 Å². The highest BCUT2D eigenvalue weighted by Gasteiger charge is 2.12. The Morgan fingerprint density at radius 1 is 1.29 bits per heavy atom. The molecule has 1 heterocycles. The summed E-state index contributed by atoms with van der Waals surface area (Å²) < 4.78 is 5.05. The Morgan fingerprint density at radius 2 is 2.10 bits per heavy atom. The van der Waals surface area contributed by atoms with Gasteiger partial charge in [0.25, 0.3) is 5.69 Å². The number of phenols is 1. The normalized spacial score (nSPS) is 10.7. The lowest BCUT2D eigenvalue weighted by atomic mass is 10.2. The number of phenolic OH excluding ortho intramolecular Hbond substituents is 1. The predicted molar refractivity (Wildman–Crippen MR) is 76.4 cm³/mol. The van der Waals surface area contributed by atoms with E-state index in [-0.39, 0.29) is 11.4 Å². The number of benzene rings is 2. The number of aromatic nitrogens is 2. The van der Waals surface area contributed by atoms with E-state index in [1.54, 1.807) is 18.2 Å². The molecule has 0 atom stereocenters. The van der Waals surface area contributed by atoms with Gasteiger partial charge in [-0.05, 0) is 24.3 Å². The van der Waals surface area contributed by atoms with E-state index in [2.05, 4.69) is 9.97 Å². The van der Waals surface area contributed by atoms with Gasteiger partial charge in [-0.1, -0.05) is 0 Å². The van der Waals surface area contributed by atoms with Crippen LogP contribution < -0.4 is 4.74 Å². The lowest BCUT2D eigenvalue weighted by Crippen LogP contribution is -1.86. The second kappa shape index (κ2) is 4.78. The number of nitrogens with one attached hydrogen (secondary N) is 1. The van der Waals surface area contributed by atoms with Gasteiger partial charge in [-0.15, -0.1) is 0 Å². The van der Waals surface area contributed by atoms with Crippen LogP contribution in [0.15, 0.2) is 36.4 Å². The van der Waals surface area contributed by atoms with Crippen LogP contribution in [0.3, 0.4) is 0 Å². The van der Waals surface area contributed by atoms with Gasteiger partial charge in [0.05, 0.1) is 23.1 Å². The molecule has 0 unspecified atom stereocenters. The van der Waals surface area contributed by atoms with Crippen molar-refractivity contribution in [3.05, 3.63) is 46.5 Å². The van der Waals surface area contributed by atoms with Gasteiger partial charge in [-0.3, -0.25) is 10.1 Å². The van der Waals surface area contributed by atoms with E-state index in [9.17, 15) is 15.2 Å². The maximum absolute atomic E-state index is 10.8. The molecule has 7 nitrogen and oxygen atoms in total. The first kappa shape index (κ1) is 12.9. The van der Waals surface area contributed by atoms with Crippen LogP contribution in [0.25, 0.3) is 22.4 Å². The van der Waals surface area contributed by atoms with Crippen LogP contribution in [0.1, 0.15) is 0 Å². The highest BCUT2D eigenvalue weighted by atomic mass is 16.6. The molecule has 0 amide bonds. The molecule has 0 fully saturated rings. The Bertz CT molecular complexity index is 841. The molecule has 3 aromatic rings. The molecule has 0 aliphatic heterocycles. The fourth-order valence-electron chi connectivity index (χ4n) is 2.07. The number of methoxy groups -OCH3 is 1. The molecule has 1 aromatic heterocycles. The molecule has 2 N–H and O–H groups in total. The third-order valence-corrected chi connectivity index (χ3v) is 3.13. The number of fused-ring (bicyclic) bond motifs is 1. The van der Waals surface area contributed by atoms with Gasteiger partial charge in [0.2, 0.25) is 0 Å². The number of nitrogens with zero attached hydrogens (tertiary/aromatic N) is 2. The van der Waals surface area contributed by atoms with Crippen molar-refractivity contribution in [3.63, 3.8) is 0 Å². The summed E-state index contributed by atoms with van der Waals surface area (Å²) in [5, 5.41) is 20.4. The minimum Gasteiger partial charge on any atom is -0.504 e. The Hall–Kier alpha value is -3.09. The molecule has 7 heteroatoms. The Labute approximate surface area is 119 Å². The Kier molecular flexibility index (Phi) is 2.94. The van der Waals surface area contributed by atoms with E-state index < -0.39 is 4.92 Å². The number of hydrogen-bond donors (Lipinski definition) is 2. The van der Waals surface area contributed by atoms with Gasteiger partial charge < -0.3 is 14.8 Å². The summed E-state index contributed by atoms with van der Waals surface area (Å²) in [6.45, 7) is 0. The van der Waals surface area contributed by atoms with Crippen molar-refractivity contribution in [2.75, 3.05) is 7.11 Å². The van der Waals surface area contributed by atoms with Crippen LogP contribution >= 0.6 is 0 Å². The van der Waals surface area contributed by atoms with Crippen molar-refractivity contribution in [2.24, 2.45) is 0 Å². The van der Waals surface area contributed by atoms with E-state index in [0.29, 0.717) is 28.2 Å². The summed E-state index contributed by atoms with van der Waals surface area (Å²) in [4.78, 5) is 17.7. The first-order valence-corrected chi connectivity index (χ1v) is 6.10. The first-order chi connectivity index (χ1) is 10.1. The zero-order valence-corrected chi connectivity index (χ0v) is 11.0. The number of ether oxygens (including phenoxy) is 1. The average Bonchev–Trinajstić information content (AvgIpc) is 2.90. The maximum Gasteiger partial charge on any atom is 0.271 e. The highest BCUT2D eigenvalue weighted by Crippen LogP contribution is 2.31. The van der Waals surface area contributed by atoms with Crippen LogP contribution in [0, 0.1) is 10.1 Å². The molecule has 3 rings (SSSR count). The van der Waals surface area contributed by atoms with Gasteiger partial charge >= 0.3 is 0 Å². The van der Waals surface area contributed by atoms with Crippen LogP contribution in [0.4, 0.5) is 5.69 Å². The number of rotatable bonds is 3.